The second-order valence-electron chi connectivity index (χ2n) is 4.19. The summed E-state index contributed by atoms with van der Waals surface area (Å²) in [6.45, 7) is 2.12. The van der Waals surface area contributed by atoms with Gasteiger partial charge in [-0.15, -0.1) is 0 Å². The molecular weight excluding hydrogens is 194 g/mol. The number of nitrogens with two attached hydrogens (primary N) is 1. The quantitative estimate of drug-likeness (QED) is 0.742. The van der Waals surface area contributed by atoms with E-state index in [1.807, 2.05) is 4.57 Å². The lowest BCUT2D eigenvalue weighted by Crippen LogP contribution is -2.37. The zero-order valence-electron chi connectivity index (χ0n) is 8.99. The molecule has 1 aliphatic rings. The van der Waals surface area contributed by atoms with E-state index in [4.69, 9.17) is 5.73 Å². The summed E-state index contributed by atoms with van der Waals surface area (Å²) in [4.78, 5) is 15.3. The number of esters is 1. The maximum atomic E-state index is 11.3. The first kappa shape index (κ1) is 10.0. The molecule has 0 atom stereocenters. The predicted molar refractivity (Wildman–Crippen MR) is 55.5 cm³/mol. The van der Waals surface area contributed by atoms with E-state index in [-0.39, 0.29) is 11.2 Å². The van der Waals surface area contributed by atoms with E-state index < -0.39 is 5.97 Å². The molecule has 5 heteroatoms. The van der Waals surface area contributed by atoms with Gasteiger partial charge in [-0.25, -0.2) is 9.78 Å². The van der Waals surface area contributed by atoms with Crippen molar-refractivity contribution in [1.82, 2.24) is 9.55 Å². The smallest absolute Gasteiger partial charge is 0.360 e. The number of aromatic nitrogens is 2. The normalized spacial score (nSPS) is 18.3. The highest BCUT2D eigenvalue weighted by Crippen LogP contribution is 2.40. The van der Waals surface area contributed by atoms with Crippen LogP contribution in [0.2, 0.25) is 0 Å². The second kappa shape index (κ2) is 3.25. The molecule has 5 nitrogen and oxygen atoms in total. The van der Waals surface area contributed by atoms with Crippen LogP contribution in [0.5, 0.6) is 0 Å². The minimum atomic E-state index is -0.478. The van der Waals surface area contributed by atoms with Crippen molar-refractivity contribution in [3.8, 4) is 0 Å². The number of rotatable bonds is 2. The van der Waals surface area contributed by atoms with E-state index in [1.165, 1.54) is 13.5 Å². The highest BCUT2D eigenvalue weighted by molar-refractivity contribution is 5.92. The third-order valence-corrected chi connectivity index (χ3v) is 3.20. The fourth-order valence-electron chi connectivity index (χ4n) is 1.97. The number of hydrogen-bond donors (Lipinski definition) is 1. The highest BCUT2D eigenvalue weighted by Gasteiger charge is 2.36. The molecule has 1 aromatic heterocycles. The van der Waals surface area contributed by atoms with Crippen LogP contribution >= 0.6 is 0 Å². The minimum Gasteiger partial charge on any atom is -0.464 e. The third-order valence-electron chi connectivity index (χ3n) is 3.20. The number of nitrogen functional groups attached to an aromatic ring is 1. The number of ether oxygens (including phenoxy) is 1. The van der Waals surface area contributed by atoms with Crippen LogP contribution in [0.25, 0.3) is 0 Å². The van der Waals surface area contributed by atoms with Crippen LogP contribution in [-0.2, 0) is 10.3 Å². The number of nitrogens with zero attached hydrogens (tertiary/aromatic N) is 2. The maximum absolute atomic E-state index is 11.3. The average Bonchev–Trinajstić information content (AvgIpc) is 2.56. The Morgan fingerprint density at radius 3 is 2.80 bits per heavy atom. The van der Waals surface area contributed by atoms with Crippen LogP contribution in [0.1, 0.15) is 36.7 Å². The van der Waals surface area contributed by atoms with Crippen molar-refractivity contribution in [2.45, 2.75) is 31.7 Å². The predicted octanol–water partition coefficient (Wildman–Crippen LogP) is 1.15. The topological polar surface area (TPSA) is 70.1 Å². The van der Waals surface area contributed by atoms with Crippen LogP contribution in [0.15, 0.2) is 6.33 Å². The number of carbonyl (C=O) groups excluding carboxylic acids is 1. The van der Waals surface area contributed by atoms with Gasteiger partial charge in [0.2, 0.25) is 0 Å². The van der Waals surface area contributed by atoms with Crippen LogP contribution < -0.4 is 5.73 Å². The Morgan fingerprint density at radius 2 is 2.33 bits per heavy atom. The van der Waals surface area contributed by atoms with Gasteiger partial charge < -0.3 is 15.0 Å². The third kappa shape index (κ3) is 1.38. The first-order valence-electron chi connectivity index (χ1n) is 5.00. The summed E-state index contributed by atoms with van der Waals surface area (Å²) >= 11 is 0. The molecule has 0 aromatic carbocycles. The molecule has 2 N–H and O–H groups in total. The molecule has 0 bridgehead atoms. The number of imidazole rings is 1. The molecule has 82 valence electrons. The van der Waals surface area contributed by atoms with Crippen molar-refractivity contribution in [1.29, 1.82) is 0 Å². The van der Waals surface area contributed by atoms with Crippen LogP contribution in [-0.4, -0.2) is 22.6 Å². The molecule has 15 heavy (non-hydrogen) atoms. The van der Waals surface area contributed by atoms with Gasteiger partial charge in [0.25, 0.3) is 0 Å². The van der Waals surface area contributed by atoms with E-state index in [1.54, 1.807) is 6.33 Å². The summed E-state index contributed by atoms with van der Waals surface area (Å²) in [6, 6.07) is 0. The summed E-state index contributed by atoms with van der Waals surface area (Å²) in [5.41, 5.74) is 6.12. The Labute approximate surface area is 88.2 Å². The molecule has 0 amide bonds. The van der Waals surface area contributed by atoms with Crippen molar-refractivity contribution in [3.05, 3.63) is 12.0 Å². The van der Waals surface area contributed by atoms with Gasteiger partial charge in [-0.3, -0.25) is 0 Å². The standard InChI is InChI=1S/C10H15N3O2/c1-10(4-3-5-10)13-6-12-7(8(13)11)9(14)15-2/h6H,3-5,11H2,1-2H3. The molecule has 1 heterocycles. The molecule has 1 aromatic rings. The fraction of sp³-hybridized carbons (Fsp3) is 0.600. The van der Waals surface area contributed by atoms with Gasteiger partial charge in [0.05, 0.1) is 13.4 Å². The summed E-state index contributed by atoms with van der Waals surface area (Å²) in [7, 11) is 1.33. The molecule has 1 aliphatic carbocycles. The van der Waals surface area contributed by atoms with Crippen LogP contribution in [0.3, 0.4) is 0 Å². The molecule has 0 radical (unpaired) electrons. The number of carbonyl (C=O) groups is 1. The molecule has 2 rings (SSSR count). The van der Waals surface area contributed by atoms with E-state index in [0.29, 0.717) is 5.82 Å². The van der Waals surface area contributed by atoms with Crippen molar-refractivity contribution in [3.63, 3.8) is 0 Å². The van der Waals surface area contributed by atoms with Crippen molar-refractivity contribution in [2.75, 3.05) is 12.8 Å². The highest BCUT2D eigenvalue weighted by atomic mass is 16.5. The average molecular weight is 209 g/mol. The molecule has 1 saturated carbocycles. The first-order valence-corrected chi connectivity index (χ1v) is 5.00. The van der Waals surface area contributed by atoms with Crippen molar-refractivity contribution >= 4 is 11.8 Å². The fourth-order valence-corrected chi connectivity index (χ4v) is 1.97. The first-order chi connectivity index (χ1) is 7.08. The zero-order valence-corrected chi connectivity index (χ0v) is 8.99. The van der Waals surface area contributed by atoms with Crippen molar-refractivity contribution in [2.24, 2.45) is 0 Å². The Kier molecular flexibility index (Phi) is 2.17. The van der Waals surface area contributed by atoms with Crippen LogP contribution in [0, 0.1) is 0 Å². The summed E-state index contributed by atoms with van der Waals surface area (Å²) in [6.07, 6.45) is 4.98. The van der Waals surface area contributed by atoms with Gasteiger partial charge in [-0.2, -0.15) is 0 Å². The molecule has 0 aliphatic heterocycles. The number of methoxy groups -OCH3 is 1. The van der Waals surface area contributed by atoms with Gasteiger partial charge >= 0.3 is 5.97 Å². The molecule has 0 spiro atoms. The lowest BCUT2D eigenvalue weighted by atomic mass is 9.78. The summed E-state index contributed by atoms with van der Waals surface area (Å²) in [5, 5.41) is 0. The van der Waals surface area contributed by atoms with Gasteiger partial charge in [0.15, 0.2) is 5.69 Å². The molecule has 0 saturated heterocycles. The van der Waals surface area contributed by atoms with Gasteiger partial charge in [0, 0.05) is 5.54 Å². The van der Waals surface area contributed by atoms with E-state index >= 15 is 0 Å². The molecule has 0 unspecified atom stereocenters. The Morgan fingerprint density at radius 1 is 1.67 bits per heavy atom. The molecule has 1 fully saturated rings. The largest absolute Gasteiger partial charge is 0.464 e. The van der Waals surface area contributed by atoms with Crippen molar-refractivity contribution < 1.29 is 9.53 Å². The minimum absolute atomic E-state index is 0.0311. The lowest BCUT2D eigenvalue weighted by Gasteiger charge is -2.40. The Hall–Kier alpha value is -1.52. The van der Waals surface area contributed by atoms with E-state index in [9.17, 15) is 4.79 Å². The second-order valence-corrected chi connectivity index (χ2v) is 4.19. The monoisotopic (exact) mass is 209 g/mol. The summed E-state index contributed by atoms with van der Waals surface area (Å²) in [5.74, 6) is -0.0711. The van der Waals surface area contributed by atoms with Crippen LogP contribution in [0.4, 0.5) is 5.82 Å². The molecular formula is C10H15N3O2. The van der Waals surface area contributed by atoms with E-state index in [0.717, 1.165) is 12.8 Å². The van der Waals surface area contributed by atoms with Gasteiger partial charge in [-0.1, -0.05) is 0 Å². The summed E-state index contributed by atoms with van der Waals surface area (Å²) < 4.78 is 6.48. The number of anilines is 1. The zero-order chi connectivity index (χ0) is 11.1. The Bertz CT molecular complexity index is 393. The number of hydrogen-bond acceptors (Lipinski definition) is 4. The van der Waals surface area contributed by atoms with Gasteiger partial charge in [-0.05, 0) is 26.2 Å². The Balaban J connectivity index is 2.35. The van der Waals surface area contributed by atoms with Gasteiger partial charge in [0.1, 0.15) is 5.82 Å². The SMILES string of the molecule is COC(=O)c1ncn(C2(C)CCC2)c1N. The maximum Gasteiger partial charge on any atom is 0.360 e. The van der Waals surface area contributed by atoms with E-state index in [2.05, 4.69) is 16.6 Å². The lowest BCUT2D eigenvalue weighted by molar-refractivity contribution is 0.0595.